The molecule has 1 heterocycles. The molecule has 0 radical (unpaired) electrons. The van der Waals surface area contributed by atoms with Gasteiger partial charge in [0.2, 0.25) is 11.0 Å². The van der Waals surface area contributed by atoms with Crippen molar-refractivity contribution in [2.45, 2.75) is 16.9 Å². The van der Waals surface area contributed by atoms with E-state index in [2.05, 4.69) is 39.8 Å². The van der Waals surface area contributed by atoms with Crippen LogP contribution in [0.1, 0.15) is 22.7 Å². The summed E-state index contributed by atoms with van der Waals surface area (Å²) in [5, 5.41) is 12.4. The molecule has 4 rings (SSSR count). The molecule has 0 bridgehead atoms. The molecule has 0 saturated heterocycles. The summed E-state index contributed by atoms with van der Waals surface area (Å²) < 4.78 is 5.95. The molecule has 0 unspecified atom stereocenters. The minimum absolute atomic E-state index is 0.0330. The maximum Gasteiger partial charge on any atom is 0.233 e. The van der Waals surface area contributed by atoms with Crippen LogP contribution in [0.2, 0.25) is 0 Å². The molecule has 0 fully saturated rings. The van der Waals surface area contributed by atoms with Gasteiger partial charge in [0, 0.05) is 13.6 Å². The minimum atomic E-state index is -0.147. The van der Waals surface area contributed by atoms with Crippen molar-refractivity contribution in [3.8, 4) is 5.75 Å². The highest BCUT2D eigenvalue weighted by Crippen LogP contribution is 2.30. The molecule has 0 saturated carbocycles. The average Bonchev–Trinajstić information content (AvgIpc) is 3.35. The summed E-state index contributed by atoms with van der Waals surface area (Å²) in [7, 11) is 3.51. The molecule has 0 aliphatic heterocycles. The van der Waals surface area contributed by atoms with Gasteiger partial charge in [-0.1, -0.05) is 95.9 Å². The summed E-state index contributed by atoms with van der Waals surface area (Å²) >= 11 is 2.86. The van der Waals surface area contributed by atoms with Gasteiger partial charge in [-0.25, -0.2) is 0 Å². The second-order valence-corrected chi connectivity index (χ2v) is 9.79. The number of nitrogens with one attached hydrogen (secondary N) is 1. The number of nitrogens with zero attached hydrogens (tertiary/aromatic N) is 3. The number of carbonyl (C=O) groups is 1. The maximum absolute atomic E-state index is 13.1. The SMILES string of the molecule is COc1ccc(CNc2nnc(SCC(=O)N(C)C(c3ccccc3)c3ccccc3)s2)cc1. The van der Waals surface area contributed by atoms with Crippen molar-refractivity contribution < 1.29 is 9.53 Å². The third-order valence-electron chi connectivity index (χ3n) is 5.34. The lowest BCUT2D eigenvalue weighted by Gasteiger charge is -2.29. The molecule has 3 aromatic carbocycles. The summed E-state index contributed by atoms with van der Waals surface area (Å²) in [6.07, 6.45) is 0. The smallest absolute Gasteiger partial charge is 0.233 e. The van der Waals surface area contributed by atoms with Crippen molar-refractivity contribution >= 4 is 34.1 Å². The first-order chi connectivity index (χ1) is 16.6. The molecule has 34 heavy (non-hydrogen) atoms. The molecule has 0 spiro atoms. The first kappa shape index (κ1) is 23.8. The summed E-state index contributed by atoms with van der Waals surface area (Å²) in [5.41, 5.74) is 3.28. The number of thioether (sulfide) groups is 1. The van der Waals surface area contributed by atoms with Gasteiger partial charge < -0.3 is 15.0 Å². The van der Waals surface area contributed by atoms with Crippen LogP contribution in [-0.2, 0) is 11.3 Å². The highest BCUT2D eigenvalue weighted by Gasteiger charge is 2.23. The zero-order valence-electron chi connectivity index (χ0n) is 19.0. The van der Waals surface area contributed by atoms with Gasteiger partial charge in [-0.05, 0) is 28.8 Å². The van der Waals surface area contributed by atoms with Crippen LogP contribution in [-0.4, -0.2) is 40.9 Å². The van der Waals surface area contributed by atoms with E-state index in [-0.39, 0.29) is 11.9 Å². The van der Waals surface area contributed by atoms with Crippen LogP contribution >= 0.6 is 23.1 Å². The van der Waals surface area contributed by atoms with E-state index in [1.165, 1.54) is 23.1 Å². The van der Waals surface area contributed by atoms with Crippen molar-refractivity contribution in [2.24, 2.45) is 0 Å². The van der Waals surface area contributed by atoms with E-state index >= 15 is 0 Å². The fourth-order valence-corrected chi connectivity index (χ4v) is 5.21. The van der Waals surface area contributed by atoms with Crippen LogP contribution in [0.3, 0.4) is 0 Å². The third-order valence-corrected chi connectivity index (χ3v) is 7.34. The number of methoxy groups -OCH3 is 1. The highest BCUT2D eigenvalue weighted by molar-refractivity contribution is 8.01. The lowest BCUT2D eigenvalue weighted by atomic mass is 9.97. The maximum atomic E-state index is 13.1. The van der Waals surface area contributed by atoms with Crippen LogP contribution in [0.4, 0.5) is 5.13 Å². The van der Waals surface area contributed by atoms with E-state index in [0.29, 0.717) is 12.3 Å². The Morgan fingerprint density at radius 3 is 2.18 bits per heavy atom. The second-order valence-electron chi connectivity index (χ2n) is 7.59. The van der Waals surface area contributed by atoms with E-state index in [0.717, 1.165) is 31.9 Å². The second kappa shape index (κ2) is 11.7. The Bertz CT molecular complexity index is 1140. The Kier molecular flexibility index (Phi) is 8.17. The lowest BCUT2D eigenvalue weighted by Crippen LogP contribution is -2.33. The Morgan fingerprint density at radius 2 is 1.59 bits per heavy atom. The molecule has 6 nitrogen and oxygen atoms in total. The van der Waals surface area contributed by atoms with Gasteiger partial charge in [-0.2, -0.15) is 0 Å². The van der Waals surface area contributed by atoms with Crippen molar-refractivity contribution in [3.63, 3.8) is 0 Å². The molecule has 0 atom stereocenters. The topological polar surface area (TPSA) is 67.3 Å². The minimum Gasteiger partial charge on any atom is -0.497 e. The molecule has 4 aromatic rings. The van der Waals surface area contributed by atoms with E-state index < -0.39 is 0 Å². The van der Waals surface area contributed by atoms with E-state index in [1.807, 2.05) is 72.6 Å². The van der Waals surface area contributed by atoms with Gasteiger partial charge in [0.15, 0.2) is 4.34 Å². The van der Waals surface area contributed by atoms with E-state index in [9.17, 15) is 4.79 Å². The predicted octanol–water partition coefficient (Wildman–Crippen LogP) is 5.50. The molecule has 0 aliphatic carbocycles. The van der Waals surface area contributed by atoms with Crippen molar-refractivity contribution in [3.05, 3.63) is 102 Å². The number of hydrogen-bond acceptors (Lipinski definition) is 7. The average molecular weight is 491 g/mol. The number of aromatic nitrogens is 2. The van der Waals surface area contributed by atoms with Crippen LogP contribution in [0.5, 0.6) is 5.75 Å². The monoisotopic (exact) mass is 490 g/mol. The van der Waals surface area contributed by atoms with Crippen LogP contribution in [0.15, 0.2) is 89.3 Å². The zero-order valence-corrected chi connectivity index (χ0v) is 20.7. The Hall–Kier alpha value is -3.36. The Balaban J connectivity index is 1.35. The molecule has 8 heteroatoms. The molecule has 1 aromatic heterocycles. The molecular formula is C26H26N4O2S2. The van der Waals surface area contributed by atoms with Gasteiger partial charge in [-0.15, -0.1) is 10.2 Å². The first-order valence-electron chi connectivity index (χ1n) is 10.8. The predicted molar refractivity (Wildman–Crippen MR) is 138 cm³/mol. The fourth-order valence-electron chi connectivity index (χ4n) is 3.54. The quantitative estimate of drug-likeness (QED) is 0.296. The number of carbonyl (C=O) groups excluding carboxylic acids is 1. The normalized spacial score (nSPS) is 10.8. The number of ether oxygens (including phenoxy) is 1. The van der Waals surface area contributed by atoms with Crippen molar-refractivity contribution in [2.75, 3.05) is 25.2 Å². The first-order valence-corrected chi connectivity index (χ1v) is 12.6. The van der Waals surface area contributed by atoms with Crippen LogP contribution in [0, 0.1) is 0 Å². The Morgan fingerprint density at radius 1 is 0.971 bits per heavy atom. The number of benzene rings is 3. The van der Waals surface area contributed by atoms with Gasteiger partial charge in [0.25, 0.3) is 0 Å². The lowest BCUT2D eigenvalue weighted by molar-refractivity contribution is -0.128. The highest BCUT2D eigenvalue weighted by atomic mass is 32.2. The summed E-state index contributed by atoms with van der Waals surface area (Å²) in [6.45, 7) is 0.640. The fraction of sp³-hybridized carbons (Fsp3) is 0.192. The zero-order chi connectivity index (χ0) is 23.8. The van der Waals surface area contributed by atoms with Gasteiger partial charge >= 0.3 is 0 Å². The summed E-state index contributed by atoms with van der Waals surface area (Å²) in [5.74, 6) is 1.15. The number of anilines is 1. The van der Waals surface area contributed by atoms with E-state index in [1.54, 1.807) is 7.11 Å². The van der Waals surface area contributed by atoms with Crippen molar-refractivity contribution in [1.82, 2.24) is 15.1 Å². The number of amides is 1. The molecule has 1 amide bonds. The largest absolute Gasteiger partial charge is 0.497 e. The number of hydrogen-bond donors (Lipinski definition) is 1. The molecule has 174 valence electrons. The van der Waals surface area contributed by atoms with Gasteiger partial charge in [0.1, 0.15) is 5.75 Å². The summed E-state index contributed by atoms with van der Waals surface area (Å²) in [6, 6.07) is 27.9. The molecule has 1 N–H and O–H groups in total. The van der Waals surface area contributed by atoms with Gasteiger partial charge in [0.05, 0.1) is 18.9 Å². The van der Waals surface area contributed by atoms with Crippen LogP contribution in [0.25, 0.3) is 0 Å². The van der Waals surface area contributed by atoms with Crippen LogP contribution < -0.4 is 10.1 Å². The third kappa shape index (κ3) is 6.15. The standard InChI is InChI=1S/C26H26N4O2S2/c1-30(24(20-9-5-3-6-10-20)21-11-7-4-8-12-21)23(31)18-33-26-29-28-25(34-26)27-17-19-13-15-22(32-2)16-14-19/h3-16,24H,17-18H2,1-2H3,(H,27,28). The van der Waals surface area contributed by atoms with E-state index in [4.69, 9.17) is 4.74 Å². The van der Waals surface area contributed by atoms with Gasteiger partial charge in [-0.3, -0.25) is 4.79 Å². The molecular weight excluding hydrogens is 464 g/mol. The summed E-state index contributed by atoms with van der Waals surface area (Å²) in [4.78, 5) is 14.9. The molecule has 0 aliphatic rings. The Labute approximate surface area is 208 Å². The van der Waals surface area contributed by atoms with Crippen molar-refractivity contribution in [1.29, 1.82) is 0 Å². The number of rotatable bonds is 10.